The van der Waals surface area contributed by atoms with Crippen LogP contribution < -0.4 is 0 Å². The summed E-state index contributed by atoms with van der Waals surface area (Å²) in [5.74, 6) is 0.918. The Kier molecular flexibility index (Phi) is 5.76. The van der Waals surface area contributed by atoms with Crippen LogP contribution in [0.15, 0.2) is 60.9 Å². The van der Waals surface area contributed by atoms with Gasteiger partial charge in [0.15, 0.2) is 0 Å². The number of imidazole rings is 1. The van der Waals surface area contributed by atoms with Crippen LogP contribution in [0.1, 0.15) is 34.6 Å². The summed E-state index contributed by atoms with van der Waals surface area (Å²) in [4.78, 5) is 18.5. The van der Waals surface area contributed by atoms with Crippen molar-refractivity contribution in [1.29, 1.82) is 0 Å². The molecule has 0 saturated carbocycles. The summed E-state index contributed by atoms with van der Waals surface area (Å²) in [5.41, 5.74) is 3.31. The third-order valence-electron chi connectivity index (χ3n) is 5.82. The van der Waals surface area contributed by atoms with Crippen LogP contribution in [0, 0.1) is 5.92 Å². The van der Waals surface area contributed by atoms with Crippen molar-refractivity contribution in [2.45, 2.75) is 25.8 Å². The van der Waals surface area contributed by atoms with E-state index in [0.29, 0.717) is 11.5 Å². The molecule has 1 aromatic heterocycles. The Balaban J connectivity index is 1.41. The minimum absolute atomic E-state index is 0.341. The monoisotopic (exact) mass is 389 g/mol. The van der Waals surface area contributed by atoms with Crippen molar-refractivity contribution >= 4 is 5.97 Å². The van der Waals surface area contributed by atoms with Gasteiger partial charge < -0.3 is 9.67 Å². The first-order valence-corrected chi connectivity index (χ1v) is 10.2. The van der Waals surface area contributed by atoms with Gasteiger partial charge in [-0.1, -0.05) is 42.5 Å². The Labute approximate surface area is 171 Å². The van der Waals surface area contributed by atoms with Crippen LogP contribution in [-0.4, -0.2) is 38.6 Å². The van der Waals surface area contributed by atoms with E-state index in [2.05, 4.69) is 33.6 Å². The smallest absolute Gasteiger partial charge is 0.336 e. The highest BCUT2D eigenvalue weighted by Crippen LogP contribution is 2.26. The van der Waals surface area contributed by atoms with E-state index in [0.717, 1.165) is 37.2 Å². The molecule has 5 nitrogen and oxygen atoms in total. The van der Waals surface area contributed by atoms with Crippen molar-refractivity contribution in [2.75, 3.05) is 13.1 Å². The van der Waals surface area contributed by atoms with Crippen molar-refractivity contribution in [3.63, 3.8) is 0 Å². The van der Waals surface area contributed by atoms with Gasteiger partial charge in [0.25, 0.3) is 0 Å². The van der Waals surface area contributed by atoms with Crippen LogP contribution in [0.2, 0.25) is 0 Å². The highest BCUT2D eigenvalue weighted by atomic mass is 16.4. The molecule has 150 valence electrons. The van der Waals surface area contributed by atoms with Gasteiger partial charge in [-0.3, -0.25) is 4.90 Å². The maximum atomic E-state index is 11.5. The SMILES string of the molecule is Cn1ccnc1CC1CCCN(Cc2ccc(-c3ccccc3C(=O)O)cc2)C1. The van der Waals surface area contributed by atoms with E-state index in [-0.39, 0.29) is 0 Å². The van der Waals surface area contributed by atoms with Gasteiger partial charge in [0, 0.05) is 39.0 Å². The van der Waals surface area contributed by atoms with Gasteiger partial charge >= 0.3 is 5.97 Å². The second-order valence-corrected chi connectivity index (χ2v) is 7.95. The molecule has 4 rings (SSSR count). The summed E-state index contributed by atoms with van der Waals surface area (Å²) in [6.45, 7) is 3.15. The summed E-state index contributed by atoms with van der Waals surface area (Å²) < 4.78 is 2.12. The fourth-order valence-electron chi connectivity index (χ4n) is 4.28. The molecule has 0 bridgehead atoms. The Morgan fingerprint density at radius 1 is 1.17 bits per heavy atom. The lowest BCUT2D eigenvalue weighted by atomic mass is 9.94. The Morgan fingerprint density at radius 2 is 1.97 bits per heavy atom. The predicted molar refractivity (Wildman–Crippen MR) is 114 cm³/mol. The van der Waals surface area contributed by atoms with Crippen LogP contribution in [0.3, 0.4) is 0 Å². The number of hydrogen-bond donors (Lipinski definition) is 1. The van der Waals surface area contributed by atoms with Crippen molar-refractivity contribution in [3.8, 4) is 11.1 Å². The molecule has 0 amide bonds. The van der Waals surface area contributed by atoms with Crippen LogP contribution in [0.4, 0.5) is 0 Å². The number of rotatable bonds is 6. The Hall–Kier alpha value is -2.92. The minimum Gasteiger partial charge on any atom is -0.478 e. The van der Waals surface area contributed by atoms with Gasteiger partial charge in [0.05, 0.1) is 5.56 Å². The quantitative estimate of drug-likeness (QED) is 0.685. The van der Waals surface area contributed by atoms with Crippen LogP contribution in [0.25, 0.3) is 11.1 Å². The number of aromatic nitrogens is 2. The fourth-order valence-corrected chi connectivity index (χ4v) is 4.28. The first-order chi connectivity index (χ1) is 14.1. The molecule has 1 unspecified atom stereocenters. The highest BCUT2D eigenvalue weighted by molar-refractivity contribution is 5.95. The van der Waals surface area contributed by atoms with E-state index < -0.39 is 5.97 Å². The fraction of sp³-hybridized carbons (Fsp3) is 0.333. The van der Waals surface area contributed by atoms with Crippen molar-refractivity contribution in [2.24, 2.45) is 13.0 Å². The number of nitrogens with zero attached hydrogens (tertiary/aromatic N) is 3. The number of carbonyl (C=O) groups is 1. The number of aromatic carboxylic acids is 1. The average molecular weight is 389 g/mol. The van der Waals surface area contributed by atoms with E-state index in [1.54, 1.807) is 12.1 Å². The summed E-state index contributed by atoms with van der Waals surface area (Å²) in [5, 5.41) is 9.42. The molecule has 2 aromatic carbocycles. The van der Waals surface area contributed by atoms with Gasteiger partial charge in [-0.25, -0.2) is 9.78 Å². The lowest BCUT2D eigenvalue weighted by Crippen LogP contribution is -2.36. The van der Waals surface area contributed by atoms with Crippen LogP contribution in [0.5, 0.6) is 0 Å². The first kappa shape index (κ1) is 19.4. The van der Waals surface area contributed by atoms with E-state index in [1.807, 2.05) is 36.7 Å². The zero-order valence-corrected chi connectivity index (χ0v) is 16.8. The minimum atomic E-state index is -0.892. The van der Waals surface area contributed by atoms with Gasteiger partial charge in [0.2, 0.25) is 0 Å². The molecular weight excluding hydrogens is 362 g/mol. The lowest BCUT2D eigenvalue weighted by Gasteiger charge is -2.32. The molecule has 2 heterocycles. The molecule has 0 spiro atoms. The average Bonchev–Trinajstić information content (AvgIpc) is 3.13. The molecule has 0 aliphatic carbocycles. The topological polar surface area (TPSA) is 58.4 Å². The molecule has 1 atom stereocenters. The summed E-state index contributed by atoms with van der Waals surface area (Å²) in [7, 11) is 2.06. The zero-order chi connectivity index (χ0) is 20.2. The van der Waals surface area contributed by atoms with Crippen LogP contribution in [-0.2, 0) is 20.0 Å². The lowest BCUT2D eigenvalue weighted by molar-refractivity contribution is 0.0697. The molecule has 1 saturated heterocycles. The van der Waals surface area contributed by atoms with Gasteiger partial charge in [-0.05, 0) is 48.1 Å². The normalized spacial score (nSPS) is 17.3. The van der Waals surface area contributed by atoms with Gasteiger partial charge in [-0.2, -0.15) is 0 Å². The highest BCUT2D eigenvalue weighted by Gasteiger charge is 2.21. The largest absolute Gasteiger partial charge is 0.478 e. The second-order valence-electron chi connectivity index (χ2n) is 7.95. The van der Waals surface area contributed by atoms with E-state index in [1.165, 1.54) is 24.2 Å². The maximum absolute atomic E-state index is 11.5. The number of hydrogen-bond acceptors (Lipinski definition) is 3. The number of likely N-dealkylation sites (tertiary alicyclic amines) is 1. The molecular formula is C24H27N3O2. The van der Waals surface area contributed by atoms with E-state index in [9.17, 15) is 9.90 Å². The Bertz CT molecular complexity index is 978. The van der Waals surface area contributed by atoms with Crippen molar-refractivity contribution < 1.29 is 9.90 Å². The van der Waals surface area contributed by atoms with Gasteiger partial charge in [0.1, 0.15) is 5.82 Å². The molecule has 1 fully saturated rings. The number of aryl methyl sites for hydroxylation is 1. The number of benzene rings is 2. The summed E-state index contributed by atoms with van der Waals surface area (Å²) >= 11 is 0. The zero-order valence-electron chi connectivity index (χ0n) is 16.8. The van der Waals surface area contributed by atoms with Crippen molar-refractivity contribution in [3.05, 3.63) is 77.9 Å². The third-order valence-corrected chi connectivity index (χ3v) is 5.82. The molecule has 0 radical (unpaired) electrons. The second kappa shape index (κ2) is 8.62. The van der Waals surface area contributed by atoms with Crippen molar-refractivity contribution in [1.82, 2.24) is 14.5 Å². The van der Waals surface area contributed by atoms with Crippen LogP contribution >= 0.6 is 0 Å². The first-order valence-electron chi connectivity index (χ1n) is 10.2. The standard InChI is InChI=1S/C24H27N3O2/c1-26-14-12-25-23(26)15-19-5-4-13-27(17-19)16-18-8-10-20(11-9-18)21-6-2-3-7-22(21)24(28)29/h2-3,6-12,14,19H,4-5,13,15-17H2,1H3,(H,28,29). The molecule has 1 N–H and O–H groups in total. The third kappa shape index (κ3) is 4.57. The molecule has 1 aliphatic rings. The molecule has 29 heavy (non-hydrogen) atoms. The molecule has 1 aliphatic heterocycles. The summed E-state index contributed by atoms with van der Waals surface area (Å²) in [6, 6.07) is 15.5. The van der Waals surface area contributed by atoms with E-state index in [4.69, 9.17) is 0 Å². The predicted octanol–water partition coefficient (Wildman–Crippen LogP) is 4.24. The van der Waals surface area contributed by atoms with Gasteiger partial charge in [-0.15, -0.1) is 0 Å². The van der Waals surface area contributed by atoms with E-state index >= 15 is 0 Å². The maximum Gasteiger partial charge on any atom is 0.336 e. The summed E-state index contributed by atoms with van der Waals surface area (Å²) in [6.07, 6.45) is 7.40. The number of carboxylic acid groups (broad SMARTS) is 1. The Morgan fingerprint density at radius 3 is 2.69 bits per heavy atom. The molecule has 3 aromatic rings. The number of piperidine rings is 1. The number of carboxylic acids is 1. The molecule has 5 heteroatoms.